The second-order valence-electron chi connectivity index (χ2n) is 10.5. The quantitative estimate of drug-likeness (QED) is 0.545. The van der Waals surface area contributed by atoms with Crippen LogP contribution in [0.3, 0.4) is 0 Å². The molecule has 38 heavy (non-hydrogen) atoms. The van der Waals surface area contributed by atoms with E-state index < -0.39 is 17.4 Å². The summed E-state index contributed by atoms with van der Waals surface area (Å²) in [6, 6.07) is 6.86. The lowest BCUT2D eigenvalue weighted by Gasteiger charge is -2.43. The molecule has 1 N–H and O–H groups in total. The first-order valence-electron chi connectivity index (χ1n) is 12.6. The molecule has 0 radical (unpaired) electrons. The second-order valence-corrected chi connectivity index (χ2v) is 10.5. The van der Waals surface area contributed by atoms with E-state index in [9.17, 15) is 27.9 Å². The number of pyridine rings is 2. The van der Waals surface area contributed by atoms with Crippen LogP contribution in [-0.2, 0) is 45.9 Å². The van der Waals surface area contributed by atoms with Crippen molar-refractivity contribution in [1.82, 2.24) is 33.7 Å². The zero-order valence-corrected chi connectivity index (χ0v) is 20.9. The van der Waals surface area contributed by atoms with Gasteiger partial charge in [0.1, 0.15) is 5.82 Å². The van der Waals surface area contributed by atoms with E-state index >= 15 is 0 Å². The van der Waals surface area contributed by atoms with Gasteiger partial charge in [0.05, 0.1) is 12.2 Å². The standard InChI is InChI=1S/C25H28F3N7O3/c1-31-17(12-33-9-15-7-16(11-33)18-3-2-4-22(37)35(18)10-15)8-20(36)23(38)19(31)13-32-5-6-34-21(14-32)29-30-24(34)25(26,27)28/h2-4,8,15-16,38H,5-7,9-14H2,1H3/t15-,16+/m1/s1. The van der Waals surface area contributed by atoms with Gasteiger partial charge in [-0.3, -0.25) is 19.4 Å². The van der Waals surface area contributed by atoms with E-state index in [2.05, 4.69) is 15.1 Å². The van der Waals surface area contributed by atoms with Gasteiger partial charge >= 0.3 is 6.18 Å². The molecule has 1 fully saturated rings. The van der Waals surface area contributed by atoms with Gasteiger partial charge in [-0.25, -0.2) is 0 Å². The van der Waals surface area contributed by atoms with Crippen LogP contribution in [0, 0.1) is 5.92 Å². The number of halogens is 3. The number of alkyl halides is 3. The topological polar surface area (TPSA) is 101 Å². The third-order valence-electron chi connectivity index (χ3n) is 8.04. The van der Waals surface area contributed by atoms with Crippen LogP contribution in [-0.4, -0.2) is 58.4 Å². The van der Waals surface area contributed by atoms with Crippen molar-refractivity contribution in [2.24, 2.45) is 13.0 Å². The van der Waals surface area contributed by atoms with Gasteiger partial charge in [-0.2, -0.15) is 13.2 Å². The highest BCUT2D eigenvalue weighted by molar-refractivity contribution is 5.30. The number of nitrogens with zero attached hydrogens (tertiary/aromatic N) is 7. The number of aromatic hydroxyl groups is 1. The number of hydrogen-bond donors (Lipinski definition) is 1. The Kier molecular flexibility index (Phi) is 5.94. The van der Waals surface area contributed by atoms with Crippen LogP contribution >= 0.6 is 0 Å². The van der Waals surface area contributed by atoms with Gasteiger partial charge in [-0.15, -0.1) is 10.2 Å². The van der Waals surface area contributed by atoms with E-state index in [1.807, 2.05) is 15.5 Å². The summed E-state index contributed by atoms with van der Waals surface area (Å²) in [5.41, 5.74) is 1.74. The van der Waals surface area contributed by atoms with Crippen LogP contribution in [0.15, 0.2) is 33.9 Å². The van der Waals surface area contributed by atoms with Gasteiger partial charge in [0.25, 0.3) is 5.56 Å². The summed E-state index contributed by atoms with van der Waals surface area (Å²) in [6.07, 6.45) is -3.55. The molecule has 3 aromatic heterocycles. The monoisotopic (exact) mass is 531 g/mol. The van der Waals surface area contributed by atoms with E-state index in [1.165, 1.54) is 6.07 Å². The van der Waals surface area contributed by atoms with Crippen LogP contribution in [0.1, 0.15) is 41.1 Å². The Hall–Kier alpha value is -3.45. The highest BCUT2D eigenvalue weighted by Crippen LogP contribution is 2.35. The fraction of sp³-hybridized carbons (Fsp3) is 0.520. The lowest BCUT2D eigenvalue weighted by Crippen LogP contribution is -2.47. The van der Waals surface area contributed by atoms with Crippen molar-refractivity contribution in [3.8, 4) is 5.75 Å². The van der Waals surface area contributed by atoms with Crippen LogP contribution < -0.4 is 11.0 Å². The Morgan fingerprint density at radius 2 is 1.84 bits per heavy atom. The molecule has 10 nitrogen and oxygen atoms in total. The van der Waals surface area contributed by atoms with Crippen molar-refractivity contribution < 1.29 is 18.3 Å². The number of hydrogen-bond acceptors (Lipinski definition) is 7. The van der Waals surface area contributed by atoms with Gasteiger partial charge in [-0.1, -0.05) is 6.07 Å². The number of likely N-dealkylation sites (tertiary alicyclic amines) is 1. The maximum atomic E-state index is 13.2. The molecule has 3 aromatic rings. The van der Waals surface area contributed by atoms with E-state index in [4.69, 9.17) is 0 Å². The Bertz CT molecular complexity index is 1510. The summed E-state index contributed by atoms with van der Waals surface area (Å²) >= 11 is 0. The third kappa shape index (κ3) is 4.33. The zero-order valence-electron chi connectivity index (χ0n) is 20.9. The molecule has 3 aliphatic heterocycles. The van der Waals surface area contributed by atoms with Gasteiger partial charge < -0.3 is 18.8 Å². The summed E-state index contributed by atoms with van der Waals surface area (Å²) in [7, 11) is 1.79. The van der Waals surface area contributed by atoms with Crippen molar-refractivity contribution in [1.29, 1.82) is 0 Å². The normalized spacial score (nSPS) is 21.8. The van der Waals surface area contributed by atoms with Crippen LogP contribution in [0.4, 0.5) is 13.2 Å². The molecule has 1 saturated heterocycles. The molecule has 3 aliphatic rings. The smallest absolute Gasteiger partial charge is 0.451 e. The second kappa shape index (κ2) is 9.09. The van der Waals surface area contributed by atoms with E-state index in [1.54, 1.807) is 23.7 Å². The maximum Gasteiger partial charge on any atom is 0.451 e. The molecule has 0 saturated carbocycles. The van der Waals surface area contributed by atoms with Gasteiger partial charge in [-0.05, 0) is 18.4 Å². The molecular weight excluding hydrogens is 503 g/mol. The third-order valence-corrected chi connectivity index (χ3v) is 8.04. The van der Waals surface area contributed by atoms with Crippen LogP contribution in [0.5, 0.6) is 5.75 Å². The first-order valence-corrected chi connectivity index (χ1v) is 12.6. The Labute approximate surface area is 215 Å². The van der Waals surface area contributed by atoms with Gasteiger partial charge in [0.15, 0.2) is 5.75 Å². The fourth-order valence-electron chi connectivity index (χ4n) is 6.24. The molecule has 0 unspecified atom stereocenters. The zero-order chi connectivity index (χ0) is 26.8. The van der Waals surface area contributed by atoms with Crippen LogP contribution in [0.2, 0.25) is 0 Å². The van der Waals surface area contributed by atoms with Crippen LogP contribution in [0.25, 0.3) is 0 Å². The molecule has 2 atom stereocenters. The molecule has 2 bridgehead atoms. The van der Waals surface area contributed by atoms with Gasteiger partial charge in [0, 0.05) is 82.3 Å². The highest BCUT2D eigenvalue weighted by atomic mass is 19.4. The molecule has 202 valence electrons. The molecule has 0 amide bonds. The minimum Gasteiger partial charge on any atom is -0.503 e. The predicted molar refractivity (Wildman–Crippen MR) is 129 cm³/mol. The summed E-state index contributed by atoms with van der Waals surface area (Å²) in [6.45, 7) is 3.39. The first kappa shape index (κ1) is 24.9. The van der Waals surface area contributed by atoms with Crippen molar-refractivity contribution in [3.63, 3.8) is 0 Å². The SMILES string of the molecule is Cn1c(CN2C[C@H]3C[C@@H](C2)c2cccc(=O)n2C3)cc(=O)c(O)c1CN1CCn2c(nnc2C(F)(F)F)C1. The Balaban J connectivity index is 1.21. The number of rotatable bonds is 4. The van der Waals surface area contributed by atoms with E-state index in [0.29, 0.717) is 31.2 Å². The average Bonchev–Trinajstić information content (AvgIpc) is 3.30. The molecule has 6 rings (SSSR count). The minimum absolute atomic E-state index is 0.0295. The molecule has 0 aromatic carbocycles. The lowest BCUT2D eigenvalue weighted by atomic mass is 9.83. The minimum atomic E-state index is -4.57. The van der Waals surface area contributed by atoms with Crippen molar-refractivity contribution in [2.45, 2.75) is 51.2 Å². The van der Waals surface area contributed by atoms with E-state index in [0.717, 1.165) is 35.5 Å². The van der Waals surface area contributed by atoms with E-state index in [-0.39, 0.29) is 42.7 Å². The molecule has 6 heterocycles. The summed E-state index contributed by atoms with van der Waals surface area (Å²) in [5.74, 6) is -0.602. The molecule has 0 spiro atoms. The number of piperidine rings is 1. The first-order chi connectivity index (χ1) is 18.1. The summed E-state index contributed by atoms with van der Waals surface area (Å²) in [4.78, 5) is 29.2. The number of aromatic nitrogens is 5. The van der Waals surface area contributed by atoms with Crippen molar-refractivity contribution >= 4 is 0 Å². The Morgan fingerprint density at radius 1 is 1.03 bits per heavy atom. The molecule has 13 heteroatoms. The van der Waals surface area contributed by atoms with Gasteiger partial charge in [0.2, 0.25) is 11.3 Å². The Morgan fingerprint density at radius 3 is 2.63 bits per heavy atom. The summed E-state index contributed by atoms with van der Waals surface area (Å²) in [5, 5.41) is 17.7. The number of fused-ring (bicyclic) bond motifs is 5. The maximum absolute atomic E-state index is 13.2. The lowest BCUT2D eigenvalue weighted by molar-refractivity contribution is -0.148. The largest absolute Gasteiger partial charge is 0.503 e. The predicted octanol–water partition coefficient (Wildman–Crippen LogP) is 1.50. The highest BCUT2D eigenvalue weighted by Gasteiger charge is 2.40. The van der Waals surface area contributed by atoms with Crippen molar-refractivity contribution in [2.75, 3.05) is 19.6 Å². The fourth-order valence-corrected chi connectivity index (χ4v) is 6.24. The molecule has 0 aliphatic carbocycles. The molecular formula is C25H28F3N7O3. The summed E-state index contributed by atoms with van der Waals surface area (Å²) < 4.78 is 44.3. The van der Waals surface area contributed by atoms with Crippen molar-refractivity contribution in [3.05, 3.63) is 73.6 Å². The average molecular weight is 532 g/mol.